The van der Waals surface area contributed by atoms with Gasteiger partial charge >= 0.3 is 5.97 Å². The number of hydrogen-bond donors (Lipinski definition) is 4. The lowest BCUT2D eigenvalue weighted by atomic mass is 9.88. The van der Waals surface area contributed by atoms with Crippen molar-refractivity contribution in [2.45, 2.75) is 89.4 Å². The Morgan fingerprint density at radius 2 is 1.88 bits per heavy atom. The Hall–Kier alpha value is -1.17. The van der Waals surface area contributed by atoms with Crippen LogP contribution >= 0.6 is 0 Å². The van der Waals surface area contributed by atoms with Crippen molar-refractivity contribution in [2.24, 2.45) is 11.8 Å². The molecule has 0 amide bonds. The van der Waals surface area contributed by atoms with Crippen LogP contribution in [0.15, 0.2) is 24.3 Å². The lowest BCUT2D eigenvalue weighted by Gasteiger charge is -2.23. The minimum Gasteiger partial charge on any atom is -0.481 e. The van der Waals surface area contributed by atoms with Gasteiger partial charge in [0, 0.05) is 18.8 Å². The van der Waals surface area contributed by atoms with Gasteiger partial charge in [0.1, 0.15) is 0 Å². The molecule has 5 nitrogen and oxygen atoms in total. The third-order valence-corrected chi connectivity index (χ3v) is 5.22. The van der Waals surface area contributed by atoms with E-state index in [0.29, 0.717) is 32.1 Å². The molecule has 1 aliphatic rings. The highest BCUT2D eigenvalue weighted by Gasteiger charge is 2.39. The van der Waals surface area contributed by atoms with Crippen molar-refractivity contribution in [3.05, 3.63) is 24.3 Å². The average molecular weight is 369 g/mol. The Kier molecular flexibility index (Phi) is 10.1. The quantitative estimate of drug-likeness (QED) is 0.312. The van der Waals surface area contributed by atoms with Crippen LogP contribution in [0.5, 0.6) is 0 Å². The number of aliphatic hydroxyl groups excluding tert-OH is 2. The summed E-state index contributed by atoms with van der Waals surface area (Å²) in [5.74, 6) is -1.04. The number of allylic oxidation sites excluding steroid dienone is 2. The van der Waals surface area contributed by atoms with Crippen LogP contribution in [-0.4, -0.2) is 44.2 Å². The molecule has 150 valence electrons. The molecule has 1 fully saturated rings. The van der Waals surface area contributed by atoms with E-state index in [0.717, 1.165) is 19.3 Å². The lowest BCUT2D eigenvalue weighted by molar-refractivity contribution is -0.137. The largest absolute Gasteiger partial charge is 0.481 e. The van der Waals surface area contributed by atoms with E-state index in [9.17, 15) is 20.1 Å². The first-order chi connectivity index (χ1) is 12.3. The molecule has 0 aliphatic heterocycles. The first kappa shape index (κ1) is 22.9. The molecule has 1 unspecified atom stereocenters. The van der Waals surface area contributed by atoms with Gasteiger partial charge in [-0.05, 0) is 38.5 Å². The van der Waals surface area contributed by atoms with E-state index in [2.05, 4.69) is 6.92 Å². The SMILES string of the molecule is CCCCC[C@@](C)(O)/C=C/[C@@H]1C(C/C=C/CCCC(=O)O)[C@@H](O)C[C@H]1O. The second-order valence-corrected chi connectivity index (χ2v) is 7.78. The van der Waals surface area contributed by atoms with Crippen molar-refractivity contribution in [3.63, 3.8) is 0 Å². The molecule has 26 heavy (non-hydrogen) atoms. The molecule has 0 aromatic carbocycles. The first-order valence-corrected chi connectivity index (χ1v) is 9.91. The Morgan fingerprint density at radius 1 is 1.15 bits per heavy atom. The maximum absolute atomic E-state index is 10.5. The molecule has 1 saturated carbocycles. The molecule has 0 aromatic heterocycles. The van der Waals surface area contributed by atoms with Gasteiger partial charge in [-0.1, -0.05) is 50.5 Å². The van der Waals surface area contributed by atoms with Gasteiger partial charge in [-0.25, -0.2) is 0 Å². The topological polar surface area (TPSA) is 98.0 Å². The second-order valence-electron chi connectivity index (χ2n) is 7.78. The fourth-order valence-electron chi connectivity index (χ4n) is 3.58. The summed E-state index contributed by atoms with van der Waals surface area (Å²) < 4.78 is 0. The summed E-state index contributed by atoms with van der Waals surface area (Å²) in [6, 6.07) is 0. The van der Waals surface area contributed by atoms with Crippen LogP contribution in [0.4, 0.5) is 0 Å². The monoisotopic (exact) mass is 368 g/mol. The van der Waals surface area contributed by atoms with Gasteiger partial charge in [-0.2, -0.15) is 0 Å². The summed E-state index contributed by atoms with van der Waals surface area (Å²) in [6.07, 6.45) is 12.7. The summed E-state index contributed by atoms with van der Waals surface area (Å²) >= 11 is 0. The molecule has 0 heterocycles. The van der Waals surface area contributed by atoms with E-state index in [1.54, 1.807) is 13.0 Å². The van der Waals surface area contributed by atoms with Gasteiger partial charge in [-0.15, -0.1) is 0 Å². The van der Waals surface area contributed by atoms with Crippen LogP contribution in [0.1, 0.15) is 71.6 Å². The highest BCUT2D eigenvalue weighted by Crippen LogP contribution is 2.37. The van der Waals surface area contributed by atoms with E-state index in [-0.39, 0.29) is 18.3 Å². The number of aliphatic hydroxyl groups is 3. The lowest BCUT2D eigenvalue weighted by Crippen LogP contribution is -2.24. The zero-order chi connectivity index (χ0) is 19.6. The summed E-state index contributed by atoms with van der Waals surface area (Å²) in [5, 5.41) is 39.6. The van der Waals surface area contributed by atoms with Crippen molar-refractivity contribution >= 4 is 5.97 Å². The molecule has 5 atom stereocenters. The van der Waals surface area contributed by atoms with Crippen LogP contribution in [0, 0.1) is 11.8 Å². The number of unbranched alkanes of at least 4 members (excludes halogenated alkanes) is 3. The van der Waals surface area contributed by atoms with Gasteiger partial charge in [-0.3, -0.25) is 4.79 Å². The summed E-state index contributed by atoms with van der Waals surface area (Å²) in [7, 11) is 0. The van der Waals surface area contributed by atoms with Crippen LogP contribution < -0.4 is 0 Å². The van der Waals surface area contributed by atoms with E-state index >= 15 is 0 Å². The minimum absolute atomic E-state index is 0.0802. The number of carboxylic acids is 1. The number of hydrogen-bond acceptors (Lipinski definition) is 4. The van der Waals surface area contributed by atoms with Gasteiger partial charge in [0.05, 0.1) is 17.8 Å². The molecule has 1 aliphatic carbocycles. The number of aliphatic carboxylic acids is 1. The van der Waals surface area contributed by atoms with Crippen molar-refractivity contribution in [1.82, 2.24) is 0 Å². The molecule has 0 spiro atoms. The molecule has 0 saturated heterocycles. The van der Waals surface area contributed by atoms with E-state index in [1.807, 2.05) is 18.2 Å². The Balaban J connectivity index is 2.56. The Labute approximate surface area is 157 Å². The zero-order valence-corrected chi connectivity index (χ0v) is 16.2. The van der Waals surface area contributed by atoms with Gasteiger partial charge in [0.2, 0.25) is 0 Å². The zero-order valence-electron chi connectivity index (χ0n) is 16.2. The molecule has 1 rings (SSSR count). The number of carboxylic acid groups (broad SMARTS) is 1. The highest BCUT2D eigenvalue weighted by atomic mass is 16.4. The van der Waals surface area contributed by atoms with Gasteiger partial charge < -0.3 is 20.4 Å². The Morgan fingerprint density at radius 3 is 2.54 bits per heavy atom. The third-order valence-electron chi connectivity index (χ3n) is 5.22. The normalized spacial score (nSPS) is 28.8. The van der Waals surface area contributed by atoms with E-state index in [4.69, 9.17) is 5.11 Å². The maximum Gasteiger partial charge on any atom is 0.303 e. The third kappa shape index (κ3) is 8.47. The molecule has 0 radical (unpaired) electrons. The summed E-state index contributed by atoms with van der Waals surface area (Å²) in [4.78, 5) is 10.5. The standard InChI is InChI=1S/C21H36O5/c1-3-4-9-13-21(2,26)14-12-17-16(18(22)15-19(17)23)10-7-5-6-8-11-20(24)25/h5,7,12,14,16-19,22-23,26H,3-4,6,8-11,13,15H2,1-2H3,(H,24,25)/b7-5+,14-12+/t16?,17-,18+,19-,21-/m1/s1. The van der Waals surface area contributed by atoms with E-state index < -0.39 is 23.8 Å². The van der Waals surface area contributed by atoms with Crippen molar-refractivity contribution < 1.29 is 25.2 Å². The maximum atomic E-state index is 10.5. The molecule has 5 heteroatoms. The highest BCUT2D eigenvalue weighted by molar-refractivity contribution is 5.66. The van der Waals surface area contributed by atoms with E-state index in [1.165, 1.54) is 0 Å². The fourth-order valence-corrected chi connectivity index (χ4v) is 3.58. The molecular weight excluding hydrogens is 332 g/mol. The van der Waals surface area contributed by atoms with Crippen LogP contribution in [0.2, 0.25) is 0 Å². The van der Waals surface area contributed by atoms with Gasteiger partial charge in [0.15, 0.2) is 0 Å². The Bertz CT molecular complexity index is 469. The second kappa shape index (κ2) is 11.5. The van der Waals surface area contributed by atoms with Crippen LogP contribution in [0.3, 0.4) is 0 Å². The predicted molar refractivity (Wildman–Crippen MR) is 103 cm³/mol. The summed E-state index contributed by atoms with van der Waals surface area (Å²) in [6.45, 7) is 3.91. The average Bonchev–Trinajstić information content (AvgIpc) is 2.82. The molecular formula is C21H36O5. The van der Waals surface area contributed by atoms with Crippen LogP contribution in [-0.2, 0) is 4.79 Å². The molecule has 0 aromatic rings. The minimum atomic E-state index is -0.889. The fraction of sp³-hybridized carbons (Fsp3) is 0.762. The predicted octanol–water partition coefficient (Wildman–Crippen LogP) is 3.43. The smallest absolute Gasteiger partial charge is 0.303 e. The van der Waals surface area contributed by atoms with Gasteiger partial charge in [0.25, 0.3) is 0 Å². The summed E-state index contributed by atoms with van der Waals surface area (Å²) in [5.41, 5.74) is -0.889. The number of rotatable bonds is 12. The van der Waals surface area contributed by atoms with Crippen molar-refractivity contribution in [1.29, 1.82) is 0 Å². The molecule has 4 N–H and O–H groups in total. The first-order valence-electron chi connectivity index (χ1n) is 9.91. The molecule has 0 bridgehead atoms. The van der Waals surface area contributed by atoms with Crippen LogP contribution in [0.25, 0.3) is 0 Å². The van der Waals surface area contributed by atoms with Crippen molar-refractivity contribution in [2.75, 3.05) is 0 Å². The number of carbonyl (C=O) groups is 1. The van der Waals surface area contributed by atoms with Crippen molar-refractivity contribution in [3.8, 4) is 0 Å².